The highest BCUT2D eigenvalue weighted by atomic mass is 79.9. The van der Waals surface area contributed by atoms with Crippen molar-refractivity contribution < 1.29 is 27.9 Å². The molecule has 0 saturated carbocycles. The Kier molecular flexibility index (Phi) is 9.09. The second-order valence-electron chi connectivity index (χ2n) is 12.3. The second kappa shape index (κ2) is 13.8. The highest BCUT2D eigenvalue weighted by Crippen LogP contribution is 2.42. The molecule has 3 N–H and O–H groups in total. The van der Waals surface area contributed by atoms with Gasteiger partial charge in [-0.25, -0.2) is 18.2 Å². The van der Waals surface area contributed by atoms with Crippen LogP contribution in [0.15, 0.2) is 86.2 Å². The summed E-state index contributed by atoms with van der Waals surface area (Å²) in [5.74, 6) is -2.54. The molecule has 19 heteroatoms. The lowest BCUT2D eigenvalue weighted by Gasteiger charge is -2.08. The van der Waals surface area contributed by atoms with Gasteiger partial charge in [-0.1, -0.05) is 0 Å². The third-order valence-corrected chi connectivity index (χ3v) is 11.0. The topological polar surface area (TPSA) is 190 Å². The number of benzene rings is 3. The molecule has 0 spiro atoms. The highest BCUT2D eigenvalue weighted by molar-refractivity contribution is 9.11. The standard InChI is InChI=1S/C37H17Br3F3N7O6/c38-18-12-21(41)15(9-32(18)48(51)52)35-26-3-1-24(44-26)25-2-4-27(45-25)36(16-10-33(49(53)54)19(39)13-22(16)42)29-6-8-31(47-29)37(30-7-5-28(35)46-30)17-11-34(50(55)56)20(40)14-23(17)43/h1-14,44,46-47H. The number of nitrogens with zero attached hydrogens (tertiary/aromatic N) is 4. The molecule has 1 aliphatic heterocycles. The van der Waals surface area contributed by atoms with Crippen LogP contribution in [0.1, 0.15) is 11.4 Å². The van der Waals surface area contributed by atoms with Gasteiger partial charge in [0.2, 0.25) is 0 Å². The molecule has 8 rings (SSSR count). The SMILES string of the molecule is O=[N+]([O-])c1cc(-c2c3nc(c4ccc([nH]4)c(-c4cc([N+](=O)[O-])c(Br)cc4F)c4ccc([nH]4)c(-c4cc([N+](=O)[O-])c(Br)cc4F)c4ccc2[nH]4)C=C3)c(F)cc1Br. The predicted molar refractivity (Wildman–Crippen MR) is 214 cm³/mol. The molecule has 13 nitrogen and oxygen atoms in total. The minimum atomic E-state index is -0.878. The second-order valence-corrected chi connectivity index (χ2v) is 14.9. The number of H-pyrrole nitrogens is 3. The lowest BCUT2D eigenvalue weighted by atomic mass is 10.0. The molecule has 0 aliphatic carbocycles. The Hall–Kier alpha value is -6.18. The van der Waals surface area contributed by atoms with Gasteiger partial charge in [-0.2, -0.15) is 0 Å². The van der Waals surface area contributed by atoms with Crippen LogP contribution in [-0.4, -0.2) is 34.7 Å². The van der Waals surface area contributed by atoms with E-state index in [1.807, 2.05) is 0 Å². The zero-order chi connectivity index (χ0) is 39.7. The molecular weight excluding hydrogens is 935 g/mol. The minimum absolute atomic E-state index is 0.0389. The number of aromatic amines is 3. The van der Waals surface area contributed by atoms with E-state index >= 15 is 13.2 Å². The minimum Gasteiger partial charge on any atom is -0.354 e. The fraction of sp³-hybridized carbons (Fsp3) is 0. The molecule has 0 radical (unpaired) electrons. The first kappa shape index (κ1) is 36.8. The summed E-state index contributed by atoms with van der Waals surface area (Å²) in [6.07, 6.45) is 3.17. The molecule has 0 saturated heterocycles. The predicted octanol–water partition coefficient (Wildman–Crippen LogP) is 12.1. The lowest BCUT2D eigenvalue weighted by molar-refractivity contribution is -0.385. The first-order valence-corrected chi connectivity index (χ1v) is 18.3. The van der Waals surface area contributed by atoms with Crippen molar-refractivity contribution in [3.63, 3.8) is 0 Å². The number of hydrogen-bond acceptors (Lipinski definition) is 7. The third-order valence-electron chi connectivity index (χ3n) is 9.08. The van der Waals surface area contributed by atoms with Crippen LogP contribution in [-0.2, 0) is 0 Å². The Morgan fingerprint density at radius 2 is 0.768 bits per heavy atom. The van der Waals surface area contributed by atoms with Gasteiger partial charge in [-0.05, 0) is 115 Å². The van der Waals surface area contributed by atoms with Crippen molar-refractivity contribution in [3.8, 4) is 33.4 Å². The largest absolute Gasteiger partial charge is 0.354 e. The summed E-state index contributed by atoms with van der Waals surface area (Å²) >= 11 is 9.15. The third kappa shape index (κ3) is 6.22. The summed E-state index contributed by atoms with van der Waals surface area (Å²) in [4.78, 5) is 48.2. The van der Waals surface area contributed by atoms with Gasteiger partial charge in [0, 0.05) is 79.2 Å². The van der Waals surface area contributed by atoms with Crippen molar-refractivity contribution in [2.24, 2.45) is 0 Å². The molecule has 0 amide bonds. The van der Waals surface area contributed by atoms with Gasteiger partial charge in [0.25, 0.3) is 17.1 Å². The molecule has 56 heavy (non-hydrogen) atoms. The summed E-state index contributed by atoms with van der Waals surface area (Å²) in [6.45, 7) is 0. The zero-order valence-electron chi connectivity index (χ0n) is 27.6. The van der Waals surface area contributed by atoms with Crippen molar-refractivity contribution in [1.82, 2.24) is 19.9 Å². The van der Waals surface area contributed by atoms with Crippen LogP contribution in [0.2, 0.25) is 0 Å². The Labute approximate surface area is 335 Å². The first-order valence-electron chi connectivity index (χ1n) is 16.0. The zero-order valence-corrected chi connectivity index (χ0v) is 32.3. The number of aromatic nitrogens is 4. The van der Waals surface area contributed by atoms with Gasteiger partial charge in [0.1, 0.15) is 17.5 Å². The van der Waals surface area contributed by atoms with Crippen molar-refractivity contribution in [2.45, 2.75) is 0 Å². The van der Waals surface area contributed by atoms with Crippen LogP contribution in [0.5, 0.6) is 0 Å². The smallest absolute Gasteiger partial charge is 0.284 e. The molecule has 8 bridgehead atoms. The van der Waals surface area contributed by atoms with Gasteiger partial charge in [-0.3, -0.25) is 30.3 Å². The number of nitro benzene ring substituents is 3. The number of nitrogens with one attached hydrogen (secondary N) is 3. The summed E-state index contributed by atoms with van der Waals surface area (Å²) in [6, 6.07) is 15.3. The van der Waals surface area contributed by atoms with Crippen LogP contribution in [0.3, 0.4) is 0 Å². The Morgan fingerprint density at radius 3 is 1.14 bits per heavy atom. The van der Waals surface area contributed by atoms with Crippen molar-refractivity contribution in [2.75, 3.05) is 0 Å². The number of fused-ring (bicyclic) bond motifs is 9. The van der Waals surface area contributed by atoms with E-state index in [0.717, 1.165) is 36.4 Å². The van der Waals surface area contributed by atoms with E-state index < -0.39 is 49.3 Å². The molecule has 3 aromatic carbocycles. The number of rotatable bonds is 6. The van der Waals surface area contributed by atoms with E-state index in [1.54, 1.807) is 24.3 Å². The summed E-state index contributed by atoms with van der Waals surface area (Å²) in [5.41, 5.74) is 0.193. The van der Waals surface area contributed by atoms with Gasteiger partial charge < -0.3 is 15.0 Å². The van der Waals surface area contributed by atoms with Crippen LogP contribution in [0.4, 0.5) is 30.2 Å². The average Bonchev–Trinajstić information content (AvgIpc) is 3.96. The average molecular weight is 952 g/mol. The molecule has 1 aliphatic rings. The van der Waals surface area contributed by atoms with E-state index in [-0.39, 0.29) is 80.1 Å². The van der Waals surface area contributed by atoms with Gasteiger partial charge in [0.15, 0.2) is 0 Å². The number of hydrogen-bond donors (Lipinski definition) is 3. The monoisotopic (exact) mass is 949 g/mol. The highest BCUT2D eigenvalue weighted by Gasteiger charge is 2.25. The Morgan fingerprint density at radius 1 is 0.464 bits per heavy atom. The molecule has 278 valence electrons. The van der Waals surface area contributed by atoms with Crippen molar-refractivity contribution in [1.29, 1.82) is 0 Å². The van der Waals surface area contributed by atoms with Gasteiger partial charge >= 0.3 is 0 Å². The van der Waals surface area contributed by atoms with Crippen LogP contribution in [0.25, 0.3) is 78.6 Å². The summed E-state index contributed by atoms with van der Waals surface area (Å²) in [7, 11) is 0. The Balaban J connectivity index is 1.59. The molecule has 0 atom stereocenters. The molecule has 4 aromatic heterocycles. The van der Waals surface area contributed by atoms with Gasteiger partial charge in [0.05, 0.1) is 45.1 Å². The van der Waals surface area contributed by atoms with E-state index in [0.29, 0.717) is 11.2 Å². The van der Waals surface area contributed by atoms with Gasteiger partial charge in [-0.15, -0.1) is 0 Å². The maximum absolute atomic E-state index is 16.1. The maximum Gasteiger partial charge on any atom is 0.284 e. The molecule has 5 heterocycles. The molecular formula is C37H17Br3F3N7O6. The summed E-state index contributed by atoms with van der Waals surface area (Å²) < 4.78 is 47.6. The van der Waals surface area contributed by atoms with E-state index in [4.69, 9.17) is 4.98 Å². The van der Waals surface area contributed by atoms with Crippen LogP contribution in [0, 0.1) is 47.8 Å². The van der Waals surface area contributed by atoms with Crippen LogP contribution < -0.4 is 0 Å². The maximum atomic E-state index is 16.1. The fourth-order valence-electron chi connectivity index (χ4n) is 6.61. The van der Waals surface area contributed by atoms with E-state index in [1.165, 1.54) is 24.3 Å². The fourth-order valence-corrected chi connectivity index (χ4v) is 7.99. The molecule has 7 aromatic rings. The normalized spacial score (nSPS) is 11.8. The lowest BCUT2D eigenvalue weighted by Crippen LogP contribution is -1.95. The molecule has 0 unspecified atom stereocenters. The van der Waals surface area contributed by atoms with Crippen LogP contribution >= 0.6 is 47.8 Å². The molecule has 0 fully saturated rings. The van der Waals surface area contributed by atoms with E-state index in [9.17, 15) is 30.3 Å². The summed E-state index contributed by atoms with van der Waals surface area (Å²) in [5, 5.41) is 36.0. The Bertz CT molecular complexity index is 3070. The van der Waals surface area contributed by atoms with Crippen molar-refractivity contribution >= 4 is 110 Å². The number of nitro groups is 3. The number of halogens is 6. The quantitative estimate of drug-likeness (QED) is 0.109. The van der Waals surface area contributed by atoms with Crippen molar-refractivity contribution in [3.05, 3.63) is 145 Å². The van der Waals surface area contributed by atoms with E-state index in [2.05, 4.69) is 62.7 Å². The first-order chi connectivity index (χ1) is 26.7.